The minimum atomic E-state index is -3.35. The van der Waals surface area contributed by atoms with Crippen LogP contribution in [0.1, 0.15) is 26.2 Å². The standard InChI is InChI=1S/C15H25N3O2S/c1-13(18-10-4-3-5-11-18)12-17-14-6-8-15(9-7-14)21(19,20)16-2/h6-9,13,16-17H,3-5,10-12H2,1-2H3. The number of hydrogen-bond donors (Lipinski definition) is 2. The van der Waals surface area contributed by atoms with E-state index in [0.717, 1.165) is 12.2 Å². The zero-order valence-electron chi connectivity index (χ0n) is 12.8. The van der Waals surface area contributed by atoms with E-state index in [2.05, 4.69) is 21.9 Å². The summed E-state index contributed by atoms with van der Waals surface area (Å²) in [6.45, 7) is 5.47. The van der Waals surface area contributed by atoms with E-state index in [1.807, 2.05) is 12.1 Å². The van der Waals surface area contributed by atoms with Gasteiger partial charge in [-0.3, -0.25) is 4.90 Å². The molecule has 1 aliphatic heterocycles. The predicted molar refractivity (Wildman–Crippen MR) is 86.1 cm³/mol. The van der Waals surface area contributed by atoms with Crippen LogP contribution in [0.4, 0.5) is 5.69 Å². The number of nitrogens with one attached hydrogen (secondary N) is 2. The minimum absolute atomic E-state index is 0.291. The lowest BCUT2D eigenvalue weighted by Gasteiger charge is -2.32. The van der Waals surface area contributed by atoms with Crippen LogP contribution in [0.2, 0.25) is 0 Å². The minimum Gasteiger partial charge on any atom is -0.383 e. The van der Waals surface area contributed by atoms with Gasteiger partial charge in [0.1, 0.15) is 0 Å². The van der Waals surface area contributed by atoms with Crippen molar-refractivity contribution in [3.8, 4) is 0 Å². The molecule has 1 saturated heterocycles. The van der Waals surface area contributed by atoms with Crippen LogP contribution in [0.25, 0.3) is 0 Å². The molecule has 0 spiro atoms. The van der Waals surface area contributed by atoms with Gasteiger partial charge in [-0.15, -0.1) is 0 Å². The molecular weight excluding hydrogens is 286 g/mol. The summed E-state index contributed by atoms with van der Waals surface area (Å²) < 4.78 is 25.6. The molecule has 1 unspecified atom stereocenters. The molecule has 6 heteroatoms. The van der Waals surface area contributed by atoms with Crippen molar-refractivity contribution in [2.45, 2.75) is 37.1 Å². The number of piperidine rings is 1. The molecule has 0 aromatic heterocycles. The Morgan fingerprint density at radius 1 is 1.14 bits per heavy atom. The van der Waals surface area contributed by atoms with Crippen molar-refractivity contribution in [1.82, 2.24) is 9.62 Å². The smallest absolute Gasteiger partial charge is 0.240 e. The molecule has 21 heavy (non-hydrogen) atoms. The van der Waals surface area contributed by atoms with Crippen LogP contribution in [0.15, 0.2) is 29.2 Å². The third-order valence-electron chi connectivity index (χ3n) is 4.05. The van der Waals surface area contributed by atoms with Crippen LogP contribution < -0.4 is 10.0 Å². The Morgan fingerprint density at radius 3 is 2.33 bits per heavy atom. The normalized spacial score (nSPS) is 18.4. The number of benzene rings is 1. The Morgan fingerprint density at radius 2 is 1.76 bits per heavy atom. The van der Waals surface area contributed by atoms with E-state index < -0.39 is 10.0 Å². The number of likely N-dealkylation sites (tertiary alicyclic amines) is 1. The molecule has 1 fully saturated rings. The van der Waals surface area contributed by atoms with Gasteiger partial charge in [0.15, 0.2) is 0 Å². The van der Waals surface area contributed by atoms with Crippen molar-refractivity contribution in [3.05, 3.63) is 24.3 Å². The average molecular weight is 311 g/mol. The van der Waals surface area contributed by atoms with E-state index in [0.29, 0.717) is 10.9 Å². The fourth-order valence-corrected chi connectivity index (χ4v) is 3.35. The molecule has 1 aromatic carbocycles. The molecule has 0 aliphatic carbocycles. The van der Waals surface area contributed by atoms with Crippen molar-refractivity contribution in [1.29, 1.82) is 0 Å². The van der Waals surface area contributed by atoms with Gasteiger partial charge in [0.05, 0.1) is 4.90 Å². The highest BCUT2D eigenvalue weighted by Crippen LogP contribution is 2.15. The zero-order chi connectivity index (χ0) is 15.3. The molecule has 1 atom stereocenters. The fraction of sp³-hybridized carbons (Fsp3) is 0.600. The second-order valence-corrected chi connectivity index (χ2v) is 7.45. The van der Waals surface area contributed by atoms with Gasteiger partial charge in [-0.25, -0.2) is 13.1 Å². The third kappa shape index (κ3) is 4.43. The van der Waals surface area contributed by atoms with Gasteiger partial charge < -0.3 is 5.32 Å². The number of anilines is 1. The van der Waals surface area contributed by atoms with E-state index in [4.69, 9.17) is 0 Å². The quantitative estimate of drug-likeness (QED) is 0.842. The number of hydrogen-bond acceptors (Lipinski definition) is 4. The zero-order valence-corrected chi connectivity index (χ0v) is 13.6. The summed E-state index contributed by atoms with van der Waals surface area (Å²) in [4.78, 5) is 2.80. The van der Waals surface area contributed by atoms with Gasteiger partial charge in [-0.1, -0.05) is 6.42 Å². The number of sulfonamides is 1. The number of nitrogens with zero attached hydrogens (tertiary/aromatic N) is 1. The van der Waals surface area contributed by atoms with Crippen LogP contribution in [-0.4, -0.2) is 46.0 Å². The van der Waals surface area contributed by atoms with Gasteiger partial charge in [0.25, 0.3) is 0 Å². The van der Waals surface area contributed by atoms with Crippen LogP contribution in [-0.2, 0) is 10.0 Å². The average Bonchev–Trinajstić information content (AvgIpc) is 2.54. The second-order valence-electron chi connectivity index (χ2n) is 5.56. The highest BCUT2D eigenvalue weighted by atomic mass is 32.2. The van der Waals surface area contributed by atoms with Crippen LogP contribution in [0.5, 0.6) is 0 Å². The summed E-state index contributed by atoms with van der Waals surface area (Å²) in [7, 11) is -1.93. The molecule has 2 N–H and O–H groups in total. The first-order chi connectivity index (χ1) is 10.0. The lowest BCUT2D eigenvalue weighted by molar-refractivity contribution is 0.180. The topological polar surface area (TPSA) is 61.4 Å². The summed E-state index contributed by atoms with van der Waals surface area (Å²) >= 11 is 0. The van der Waals surface area contributed by atoms with E-state index in [1.54, 1.807) is 12.1 Å². The molecule has 1 heterocycles. The third-order valence-corrected chi connectivity index (χ3v) is 5.48. The molecule has 1 aromatic rings. The van der Waals surface area contributed by atoms with Crippen molar-refractivity contribution < 1.29 is 8.42 Å². The maximum absolute atomic E-state index is 11.6. The van der Waals surface area contributed by atoms with Crippen LogP contribution in [0, 0.1) is 0 Å². The highest BCUT2D eigenvalue weighted by molar-refractivity contribution is 7.89. The first-order valence-corrected chi connectivity index (χ1v) is 9.03. The van der Waals surface area contributed by atoms with Crippen molar-refractivity contribution in [2.24, 2.45) is 0 Å². The van der Waals surface area contributed by atoms with E-state index in [9.17, 15) is 8.42 Å². The van der Waals surface area contributed by atoms with Crippen molar-refractivity contribution >= 4 is 15.7 Å². The molecule has 5 nitrogen and oxygen atoms in total. The maximum atomic E-state index is 11.6. The molecular formula is C15H25N3O2S. The first kappa shape index (κ1) is 16.3. The summed E-state index contributed by atoms with van der Waals surface area (Å²) in [5.41, 5.74) is 0.953. The molecule has 0 saturated carbocycles. The molecule has 0 bridgehead atoms. The van der Waals surface area contributed by atoms with Crippen molar-refractivity contribution in [3.63, 3.8) is 0 Å². The summed E-state index contributed by atoms with van der Waals surface area (Å²) in [5.74, 6) is 0. The Hall–Kier alpha value is -1.11. The number of rotatable bonds is 6. The molecule has 118 valence electrons. The predicted octanol–water partition coefficient (Wildman–Crippen LogP) is 1.88. The monoisotopic (exact) mass is 311 g/mol. The molecule has 0 amide bonds. The Bertz CT molecular complexity index is 537. The largest absolute Gasteiger partial charge is 0.383 e. The second kappa shape index (κ2) is 7.24. The maximum Gasteiger partial charge on any atom is 0.240 e. The van der Waals surface area contributed by atoms with E-state index in [-0.39, 0.29) is 0 Å². The molecule has 0 radical (unpaired) electrons. The van der Waals surface area contributed by atoms with Gasteiger partial charge in [-0.05, 0) is 64.2 Å². The molecule has 1 aliphatic rings. The van der Waals surface area contributed by atoms with Crippen molar-refractivity contribution in [2.75, 3.05) is 32.0 Å². The van der Waals surface area contributed by atoms with Gasteiger partial charge >= 0.3 is 0 Å². The van der Waals surface area contributed by atoms with E-state index in [1.165, 1.54) is 39.4 Å². The summed E-state index contributed by atoms with van der Waals surface area (Å²) in [6, 6.07) is 7.37. The summed E-state index contributed by atoms with van der Waals surface area (Å²) in [6.07, 6.45) is 3.93. The SMILES string of the molecule is CNS(=O)(=O)c1ccc(NCC(C)N2CCCCC2)cc1. The lowest BCUT2D eigenvalue weighted by Crippen LogP contribution is -2.41. The molecule has 2 rings (SSSR count). The van der Waals surface area contributed by atoms with Crippen LogP contribution in [0.3, 0.4) is 0 Å². The van der Waals surface area contributed by atoms with Crippen LogP contribution >= 0.6 is 0 Å². The van der Waals surface area contributed by atoms with Gasteiger partial charge in [0.2, 0.25) is 10.0 Å². The van der Waals surface area contributed by atoms with Gasteiger partial charge in [-0.2, -0.15) is 0 Å². The Kier molecular flexibility index (Phi) is 5.61. The summed E-state index contributed by atoms with van der Waals surface area (Å²) in [5, 5.41) is 3.38. The first-order valence-electron chi connectivity index (χ1n) is 7.54. The highest BCUT2D eigenvalue weighted by Gasteiger charge is 2.16. The van der Waals surface area contributed by atoms with E-state index >= 15 is 0 Å². The lowest BCUT2D eigenvalue weighted by atomic mass is 10.1. The Balaban J connectivity index is 1.88. The Labute approximate surface area is 127 Å². The fourth-order valence-electron chi connectivity index (χ4n) is 2.62. The van der Waals surface area contributed by atoms with Gasteiger partial charge in [0, 0.05) is 18.3 Å².